The van der Waals surface area contributed by atoms with Gasteiger partial charge in [-0.3, -0.25) is 14.7 Å². The second kappa shape index (κ2) is 7.36. The first-order valence-corrected chi connectivity index (χ1v) is 9.67. The van der Waals surface area contributed by atoms with Crippen molar-refractivity contribution in [3.05, 3.63) is 40.4 Å². The van der Waals surface area contributed by atoms with E-state index in [-0.39, 0.29) is 24.3 Å². The van der Waals surface area contributed by atoms with Gasteiger partial charge in [0.1, 0.15) is 22.4 Å². The number of rotatable bonds is 6. The average Bonchev–Trinajstić information content (AvgIpc) is 3.29. The molecule has 8 heteroatoms. The van der Waals surface area contributed by atoms with Gasteiger partial charge < -0.3 is 9.15 Å². The summed E-state index contributed by atoms with van der Waals surface area (Å²) in [5.41, 5.74) is 1.41. The topological polar surface area (TPSA) is 68.5 Å². The van der Waals surface area contributed by atoms with Gasteiger partial charge in [0.05, 0.1) is 17.6 Å². The van der Waals surface area contributed by atoms with Crippen LogP contribution in [0, 0.1) is 5.95 Å². The van der Waals surface area contributed by atoms with Crippen LogP contribution in [0.3, 0.4) is 0 Å². The van der Waals surface area contributed by atoms with Gasteiger partial charge in [0.2, 0.25) is 5.95 Å². The third-order valence-corrected chi connectivity index (χ3v) is 5.72. The molecule has 4 rings (SSSR count). The minimum atomic E-state index is -0.473. The molecular weight excluding hydrogens is 369 g/mol. The zero-order valence-electron chi connectivity index (χ0n) is 15.1. The van der Waals surface area contributed by atoms with Gasteiger partial charge in [-0.2, -0.15) is 4.39 Å². The highest BCUT2D eigenvalue weighted by atomic mass is 32.1. The van der Waals surface area contributed by atoms with Crippen molar-refractivity contribution in [1.29, 1.82) is 0 Å². The number of ether oxygens (including phenoxy) is 1. The number of Topliss-reactive ketones (excluding diaryl/α,β-unsaturated/α-hetero) is 1. The van der Waals surface area contributed by atoms with Crippen molar-refractivity contribution in [2.24, 2.45) is 0 Å². The molecule has 0 N–H and O–H groups in total. The third-order valence-electron chi connectivity index (χ3n) is 4.71. The lowest BCUT2D eigenvalue weighted by atomic mass is 10.2. The Kier molecular flexibility index (Phi) is 4.92. The molecule has 0 spiro atoms. The second-order valence-corrected chi connectivity index (χ2v) is 8.07. The summed E-state index contributed by atoms with van der Waals surface area (Å²) < 4.78 is 25.8. The average molecular weight is 389 g/mol. The van der Waals surface area contributed by atoms with Crippen molar-refractivity contribution in [3.8, 4) is 5.75 Å². The maximum Gasteiger partial charge on any atom is 0.228 e. The molecule has 27 heavy (non-hydrogen) atoms. The Labute approximate surface area is 160 Å². The zero-order chi connectivity index (χ0) is 19.0. The molecule has 1 aliphatic rings. The van der Waals surface area contributed by atoms with Crippen LogP contribution in [0.1, 0.15) is 30.2 Å². The molecule has 2 atom stereocenters. The van der Waals surface area contributed by atoms with Gasteiger partial charge in [-0.05, 0) is 13.8 Å². The number of hydrogen-bond donors (Lipinski definition) is 0. The second-order valence-electron chi connectivity index (χ2n) is 6.90. The summed E-state index contributed by atoms with van der Waals surface area (Å²) in [5, 5.41) is 0.534. The van der Waals surface area contributed by atoms with Crippen molar-refractivity contribution in [2.75, 3.05) is 6.54 Å². The van der Waals surface area contributed by atoms with Crippen molar-refractivity contribution in [3.63, 3.8) is 0 Å². The predicted octanol–water partition coefficient (Wildman–Crippen LogP) is 3.60. The number of carbonyl (C=O) groups excluding carboxylic acids is 1. The first-order chi connectivity index (χ1) is 13.0. The maximum absolute atomic E-state index is 14.1. The number of hydrogen-bond acceptors (Lipinski definition) is 7. The zero-order valence-corrected chi connectivity index (χ0v) is 16.0. The molecule has 0 bridgehead atoms. The number of thiazole rings is 1. The number of fused-ring (bicyclic) bond motifs is 1. The summed E-state index contributed by atoms with van der Waals surface area (Å²) in [6, 6.07) is 3.86. The van der Waals surface area contributed by atoms with E-state index in [1.54, 1.807) is 24.6 Å². The van der Waals surface area contributed by atoms with Crippen LogP contribution in [0.25, 0.3) is 11.1 Å². The lowest BCUT2D eigenvalue weighted by molar-refractivity contribution is -0.116. The first kappa shape index (κ1) is 18.1. The maximum atomic E-state index is 14.1. The minimum absolute atomic E-state index is 0.0108. The Morgan fingerprint density at radius 2 is 2.33 bits per heavy atom. The van der Waals surface area contributed by atoms with Gasteiger partial charge in [0.25, 0.3) is 0 Å². The van der Waals surface area contributed by atoms with E-state index < -0.39 is 5.95 Å². The molecule has 0 aromatic carbocycles. The van der Waals surface area contributed by atoms with Crippen molar-refractivity contribution >= 4 is 28.2 Å². The fraction of sp³-hybridized carbons (Fsp3) is 0.421. The molecule has 3 aromatic rings. The number of pyridine rings is 1. The number of nitrogens with zero attached hydrogens (tertiary/aromatic N) is 3. The van der Waals surface area contributed by atoms with E-state index in [0.29, 0.717) is 34.3 Å². The van der Waals surface area contributed by atoms with Crippen LogP contribution in [0.4, 0.5) is 4.39 Å². The highest BCUT2D eigenvalue weighted by Crippen LogP contribution is 2.30. The van der Waals surface area contributed by atoms with E-state index in [2.05, 4.69) is 21.8 Å². The third kappa shape index (κ3) is 3.86. The quantitative estimate of drug-likeness (QED) is 0.642. The van der Waals surface area contributed by atoms with Crippen LogP contribution in [0.2, 0.25) is 0 Å². The number of furan rings is 1. The summed E-state index contributed by atoms with van der Waals surface area (Å²) in [5.74, 6) is 0.191. The van der Waals surface area contributed by atoms with E-state index in [1.807, 2.05) is 0 Å². The summed E-state index contributed by atoms with van der Waals surface area (Å²) in [6.07, 6.45) is 4.31. The number of halogens is 1. The summed E-state index contributed by atoms with van der Waals surface area (Å²) in [7, 11) is 0. The molecular formula is C19H20FN3O3S. The lowest BCUT2D eigenvalue weighted by Gasteiger charge is -2.19. The predicted molar refractivity (Wildman–Crippen MR) is 99.4 cm³/mol. The molecule has 1 saturated heterocycles. The van der Waals surface area contributed by atoms with Crippen molar-refractivity contribution in [1.82, 2.24) is 14.9 Å². The number of likely N-dealkylation sites (tertiary alicyclic amines) is 1. The number of ketones is 1. The molecule has 0 aliphatic carbocycles. The van der Waals surface area contributed by atoms with Crippen LogP contribution < -0.4 is 4.74 Å². The molecule has 1 aliphatic heterocycles. The molecule has 0 amide bonds. The van der Waals surface area contributed by atoms with E-state index in [4.69, 9.17) is 9.15 Å². The van der Waals surface area contributed by atoms with E-state index in [0.717, 1.165) is 11.9 Å². The van der Waals surface area contributed by atoms with E-state index in [9.17, 15) is 9.18 Å². The molecule has 0 saturated carbocycles. The molecule has 0 unspecified atom stereocenters. The Hall–Kier alpha value is -2.32. The van der Waals surface area contributed by atoms with Crippen LogP contribution in [-0.2, 0) is 17.8 Å². The molecule has 0 radical (unpaired) electrons. The molecule has 3 aromatic heterocycles. The van der Waals surface area contributed by atoms with Gasteiger partial charge in [-0.15, -0.1) is 11.3 Å². The minimum Gasteiger partial charge on any atom is -0.485 e. The van der Waals surface area contributed by atoms with Crippen molar-refractivity contribution < 1.29 is 18.3 Å². The van der Waals surface area contributed by atoms with Gasteiger partial charge in [0, 0.05) is 43.9 Å². The van der Waals surface area contributed by atoms with Gasteiger partial charge >= 0.3 is 0 Å². The Morgan fingerprint density at radius 3 is 3.15 bits per heavy atom. The molecule has 4 heterocycles. The fourth-order valence-corrected chi connectivity index (χ4v) is 4.47. The molecule has 6 nitrogen and oxygen atoms in total. The monoisotopic (exact) mass is 389 g/mol. The summed E-state index contributed by atoms with van der Waals surface area (Å²) >= 11 is 1.27. The Morgan fingerprint density at radius 1 is 1.48 bits per heavy atom. The molecule has 1 fully saturated rings. The molecule has 142 valence electrons. The van der Waals surface area contributed by atoms with Gasteiger partial charge in [0.15, 0.2) is 11.3 Å². The van der Waals surface area contributed by atoms with Crippen LogP contribution in [0.15, 0.2) is 29.0 Å². The summed E-state index contributed by atoms with van der Waals surface area (Å²) in [6.45, 7) is 4.74. The Balaban J connectivity index is 1.43. The fourth-order valence-electron chi connectivity index (χ4n) is 3.42. The van der Waals surface area contributed by atoms with Crippen LogP contribution in [0.5, 0.6) is 5.75 Å². The highest BCUT2D eigenvalue weighted by molar-refractivity contribution is 7.11. The van der Waals surface area contributed by atoms with E-state index >= 15 is 0 Å². The summed E-state index contributed by atoms with van der Waals surface area (Å²) in [4.78, 5) is 22.1. The highest BCUT2D eigenvalue weighted by Gasteiger charge is 2.32. The van der Waals surface area contributed by atoms with Crippen LogP contribution >= 0.6 is 11.3 Å². The standard InChI is InChI=1S/C19H20FN3O3S/c1-11-7-13(26-15-3-5-21-14-4-6-25-18(14)15)9-23(11)10-16-19(20)22-17(27-16)8-12(2)24/h3-6,11,13H,7-10H2,1-2H3/t11-,13+/m0/s1. The Bertz CT molecular complexity index is 970. The van der Waals surface area contributed by atoms with E-state index in [1.165, 1.54) is 18.3 Å². The lowest BCUT2D eigenvalue weighted by Crippen LogP contribution is -2.28. The normalized spacial score (nSPS) is 20.4. The van der Waals surface area contributed by atoms with Crippen molar-refractivity contribution in [2.45, 2.75) is 45.4 Å². The largest absolute Gasteiger partial charge is 0.485 e. The number of aromatic nitrogens is 2. The van der Waals surface area contributed by atoms with Crippen LogP contribution in [-0.4, -0.2) is 39.3 Å². The SMILES string of the molecule is CC(=O)Cc1nc(F)c(CN2C[C@H](Oc3ccnc4ccoc34)C[C@@H]2C)s1. The number of carbonyl (C=O) groups is 1. The smallest absolute Gasteiger partial charge is 0.228 e. The van der Waals surface area contributed by atoms with Gasteiger partial charge in [-0.1, -0.05) is 0 Å². The first-order valence-electron chi connectivity index (χ1n) is 8.86. The van der Waals surface area contributed by atoms with Gasteiger partial charge in [-0.25, -0.2) is 4.98 Å².